The van der Waals surface area contributed by atoms with E-state index in [2.05, 4.69) is 0 Å². The zero-order valence-electron chi connectivity index (χ0n) is 7.54. The summed E-state index contributed by atoms with van der Waals surface area (Å²) in [5, 5.41) is 8.55. The monoisotopic (exact) mass is 173 g/mol. The van der Waals surface area contributed by atoms with Crippen LogP contribution in [-0.4, -0.2) is 31.0 Å². The van der Waals surface area contributed by atoms with Gasteiger partial charge >= 0.3 is 0 Å². The van der Waals surface area contributed by atoms with E-state index >= 15 is 0 Å². The summed E-state index contributed by atoms with van der Waals surface area (Å²) < 4.78 is 5.37. The maximum atomic E-state index is 8.55. The summed E-state index contributed by atoms with van der Waals surface area (Å²) in [6.45, 7) is 1.10. The van der Waals surface area contributed by atoms with Gasteiger partial charge in [0.15, 0.2) is 0 Å². The average molecular weight is 173 g/mol. The summed E-state index contributed by atoms with van der Waals surface area (Å²) in [5.41, 5.74) is 5.53. The molecule has 0 amide bonds. The Labute approximate surface area is 73.9 Å². The maximum Gasteiger partial charge on any atom is 0.0702 e. The normalized spacial score (nSPS) is 20.5. The molecule has 0 aromatic rings. The Bertz CT molecular complexity index is 115. The second-order valence-corrected chi connectivity index (χ2v) is 3.48. The molecule has 0 saturated heterocycles. The molecule has 3 nitrogen and oxygen atoms in total. The molecule has 0 spiro atoms. The van der Waals surface area contributed by atoms with Crippen molar-refractivity contribution in [1.29, 1.82) is 0 Å². The Hall–Kier alpha value is -0.120. The minimum absolute atomic E-state index is 0.0984. The molecule has 1 fully saturated rings. The van der Waals surface area contributed by atoms with Crippen LogP contribution in [0.5, 0.6) is 0 Å². The largest absolute Gasteiger partial charge is 0.394 e. The lowest BCUT2D eigenvalue weighted by Crippen LogP contribution is -2.29. The highest BCUT2D eigenvalue weighted by Crippen LogP contribution is 2.30. The van der Waals surface area contributed by atoms with Gasteiger partial charge in [-0.25, -0.2) is 0 Å². The molecule has 0 radical (unpaired) electrons. The third kappa shape index (κ3) is 3.09. The van der Waals surface area contributed by atoms with Crippen molar-refractivity contribution in [2.24, 2.45) is 11.7 Å². The smallest absolute Gasteiger partial charge is 0.0702 e. The molecule has 1 saturated carbocycles. The van der Waals surface area contributed by atoms with E-state index in [4.69, 9.17) is 15.6 Å². The molecular weight excluding hydrogens is 154 g/mol. The van der Waals surface area contributed by atoms with Crippen LogP contribution in [0, 0.1) is 5.92 Å². The van der Waals surface area contributed by atoms with Gasteiger partial charge in [-0.1, -0.05) is 19.3 Å². The third-order valence-electron chi connectivity index (χ3n) is 2.53. The fraction of sp³-hybridized carbons (Fsp3) is 1.00. The van der Waals surface area contributed by atoms with Gasteiger partial charge in [0, 0.05) is 6.54 Å². The molecule has 0 aliphatic heterocycles. The van der Waals surface area contributed by atoms with Crippen LogP contribution in [0.4, 0.5) is 0 Å². The van der Waals surface area contributed by atoms with Crippen LogP contribution < -0.4 is 5.73 Å². The van der Waals surface area contributed by atoms with E-state index in [1.54, 1.807) is 0 Å². The number of hydrogen-bond donors (Lipinski definition) is 2. The first-order valence-electron chi connectivity index (χ1n) is 4.79. The summed E-state index contributed by atoms with van der Waals surface area (Å²) in [6.07, 6.45) is 5.28. The summed E-state index contributed by atoms with van der Waals surface area (Å²) in [4.78, 5) is 0. The number of ether oxygens (including phenoxy) is 1. The zero-order chi connectivity index (χ0) is 8.81. The van der Waals surface area contributed by atoms with Gasteiger partial charge in [0.25, 0.3) is 0 Å². The highest BCUT2D eigenvalue weighted by atomic mass is 16.5. The third-order valence-corrected chi connectivity index (χ3v) is 2.53. The van der Waals surface area contributed by atoms with E-state index in [0.717, 1.165) is 12.3 Å². The van der Waals surface area contributed by atoms with Gasteiger partial charge < -0.3 is 15.6 Å². The molecule has 0 bridgehead atoms. The van der Waals surface area contributed by atoms with Crippen molar-refractivity contribution in [1.82, 2.24) is 0 Å². The zero-order valence-corrected chi connectivity index (χ0v) is 7.54. The first kappa shape index (κ1) is 9.96. The molecule has 12 heavy (non-hydrogen) atoms. The molecule has 3 heteroatoms. The van der Waals surface area contributed by atoms with Gasteiger partial charge in [0.2, 0.25) is 0 Å². The minimum atomic E-state index is 0.0984. The standard InChI is InChI=1S/C9H19NO2/c10-7-9(12-5-4-11)6-8-2-1-3-8/h8-9,11H,1-7,10H2. The number of nitrogens with two attached hydrogens (primary N) is 1. The number of aliphatic hydroxyl groups is 1. The summed E-state index contributed by atoms with van der Waals surface area (Å²) in [5.74, 6) is 0.831. The van der Waals surface area contributed by atoms with Crippen LogP contribution in [-0.2, 0) is 4.74 Å². The van der Waals surface area contributed by atoms with Crippen molar-refractivity contribution in [3.05, 3.63) is 0 Å². The van der Waals surface area contributed by atoms with E-state index in [1.165, 1.54) is 19.3 Å². The van der Waals surface area contributed by atoms with Crippen molar-refractivity contribution >= 4 is 0 Å². The predicted molar refractivity (Wildman–Crippen MR) is 47.8 cm³/mol. The van der Waals surface area contributed by atoms with Crippen LogP contribution in [0.15, 0.2) is 0 Å². The van der Waals surface area contributed by atoms with Gasteiger partial charge in [-0.2, -0.15) is 0 Å². The molecule has 1 atom stereocenters. The Morgan fingerprint density at radius 1 is 1.50 bits per heavy atom. The van der Waals surface area contributed by atoms with Crippen molar-refractivity contribution in [3.63, 3.8) is 0 Å². The van der Waals surface area contributed by atoms with Crippen LogP contribution in [0.3, 0.4) is 0 Å². The summed E-state index contributed by atoms with van der Waals surface area (Å²) in [7, 11) is 0. The number of hydrogen-bond acceptors (Lipinski definition) is 3. The fourth-order valence-corrected chi connectivity index (χ4v) is 1.55. The summed E-state index contributed by atoms with van der Waals surface area (Å²) >= 11 is 0. The lowest BCUT2D eigenvalue weighted by molar-refractivity contribution is 0.0128. The predicted octanol–water partition coefficient (Wildman–Crippen LogP) is 0.513. The molecule has 3 N–H and O–H groups in total. The lowest BCUT2D eigenvalue weighted by atomic mass is 9.81. The fourth-order valence-electron chi connectivity index (χ4n) is 1.55. The van der Waals surface area contributed by atoms with Crippen molar-refractivity contribution < 1.29 is 9.84 Å². The molecule has 1 rings (SSSR count). The second-order valence-electron chi connectivity index (χ2n) is 3.48. The summed E-state index contributed by atoms with van der Waals surface area (Å²) in [6, 6.07) is 0. The van der Waals surface area contributed by atoms with E-state index < -0.39 is 0 Å². The molecule has 1 aliphatic carbocycles. The van der Waals surface area contributed by atoms with Gasteiger partial charge in [0.1, 0.15) is 0 Å². The molecule has 0 aromatic heterocycles. The van der Waals surface area contributed by atoms with Crippen molar-refractivity contribution in [2.45, 2.75) is 31.8 Å². The van der Waals surface area contributed by atoms with E-state index in [1.807, 2.05) is 0 Å². The van der Waals surface area contributed by atoms with Crippen LogP contribution in [0.1, 0.15) is 25.7 Å². The Morgan fingerprint density at radius 2 is 2.25 bits per heavy atom. The van der Waals surface area contributed by atoms with Gasteiger partial charge in [-0.05, 0) is 12.3 Å². The van der Waals surface area contributed by atoms with Gasteiger partial charge in [-0.3, -0.25) is 0 Å². The van der Waals surface area contributed by atoms with Crippen LogP contribution >= 0.6 is 0 Å². The first-order chi connectivity index (χ1) is 5.86. The molecule has 1 aliphatic rings. The quantitative estimate of drug-likeness (QED) is 0.615. The van der Waals surface area contributed by atoms with Crippen LogP contribution in [0.2, 0.25) is 0 Å². The topological polar surface area (TPSA) is 55.5 Å². The second kappa shape index (κ2) is 5.51. The molecule has 0 heterocycles. The Balaban J connectivity index is 2.06. The van der Waals surface area contributed by atoms with Crippen LogP contribution in [0.25, 0.3) is 0 Å². The molecule has 72 valence electrons. The highest BCUT2D eigenvalue weighted by molar-refractivity contribution is 4.74. The minimum Gasteiger partial charge on any atom is -0.394 e. The number of aliphatic hydroxyl groups excluding tert-OH is 1. The highest BCUT2D eigenvalue weighted by Gasteiger charge is 2.21. The van der Waals surface area contributed by atoms with E-state index in [9.17, 15) is 0 Å². The molecule has 0 aromatic carbocycles. The van der Waals surface area contributed by atoms with Gasteiger partial charge in [-0.15, -0.1) is 0 Å². The van der Waals surface area contributed by atoms with Crippen molar-refractivity contribution in [2.75, 3.05) is 19.8 Å². The Kier molecular flexibility index (Phi) is 4.58. The molecule has 1 unspecified atom stereocenters. The molecular formula is C9H19NO2. The van der Waals surface area contributed by atoms with Crippen molar-refractivity contribution in [3.8, 4) is 0 Å². The Morgan fingerprint density at radius 3 is 2.67 bits per heavy atom. The first-order valence-corrected chi connectivity index (χ1v) is 4.79. The van der Waals surface area contributed by atoms with E-state index in [0.29, 0.717) is 13.2 Å². The average Bonchev–Trinajstić information content (AvgIpc) is 2.02. The van der Waals surface area contributed by atoms with E-state index in [-0.39, 0.29) is 12.7 Å². The maximum absolute atomic E-state index is 8.55. The SMILES string of the molecule is NCC(CC1CCC1)OCCO. The number of rotatable bonds is 6. The van der Waals surface area contributed by atoms with Gasteiger partial charge in [0.05, 0.1) is 19.3 Å². The lowest BCUT2D eigenvalue weighted by Gasteiger charge is -2.29.